The summed E-state index contributed by atoms with van der Waals surface area (Å²) in [5.74, 6) is -1.56. The van der Waals surface area contributed by atoms with Crippen molar-refractivity contribution in [2.75, 3.05) is 18.4 Å². The van der Waals surface area contributed by atoms with E-state index in [0.717, 1.165) is 28.6 Å². The molecule has 0 aliphatic carbocycles. The van der Waals surface area contributed by atoms with Gasteiger partial charge in [0.05, 0.1) is 10.5 Å². The fraction of sp³-hybridized carbons (Fsp3) is 0.286. The van der Waals surface area contributed by atoms with Crippen LogP contribution in [-0.2, 0) is 21.0 Å². The summed E-state index contributed by atoms with van der Waals surface area (Å²) in [6, 6.07) is 7.64. The van der Waals surface area contributed by atoms with Crippen molar-refractivity contribution >= 4 is 21.6 Å². The van der Waals surface area contributed by atoms with Gasteiger partial charge >= 0.3 is 6.18 Å². The van der Waals surface area contributed by atoms with Gasteiger partial charge in [0, 0.05) is 24.7 Å². The Labute approximate surface area is 192 Å². The molecule has 1 N–H and O–H groups in total. The van der Waals surface area contributed by atoms with Crippen molar-refractivity contribution in [3.05, 3.63) is 66.5 Å². The number of carbonyl (C=O) groups excluding carboxylic acids is 1. The molecule has 1 aliphatic rings. The number of sulfonamides is 1. The molecule has 0 bridgehead atoms. The van der Waals surface area contributed by atoms with Gasteiger partial charge in [-0.15, -0.1) is 0 Å². The molecule has 0 atom stereocenters. The molecule has 0 saturated carbocycles. The Balaban J connectivity index is 1.39. The molecule has 13 heteroatoms. The fourth-order valence-electron chi connectivity index (χ4n) is 3.69. The van der Waals surface area contributed by atoms with Crippen LogP contribution in [0.5, 0.6) is 0 Å². The zero-order chi connectivity index (χ0) is 24.5. The van der Waals surface area contributed by atoms with Crippen LogP contribution in [0.3, 0.4) is 0 Å². The molecule has 1 amide bonds. The number of hydrogen-bond donors (Lipinski definition) is 1. The van der Waals surface area contributed by atoms with Crippen LogP contribution < -0.4 is 5.32 Å². The largest absolute Gasteiger partial charge is 0.416 e. The van der Waals surface area contributed by atoms with Crippen LogP contribution >= 0.6 is 0 Å². The molecule has 1 saturated heterocycles. The number of rotatable bonds is 5. The molecule has 1 fully saturated rings. The smallest absolute Gasteiger partial charge is 0.326 e. The minimum absolute atomic E-state index is 0.0315. The lowest BCUT2D eigenvalue weighted by atomic mass is 9.97. The SMILES string of the molecule is O=C(Nc1ccc(-n2cncn2)c(F)c1)C1CCN(S(=O)(=O)c2cccc(C(F)(F)F)c2)CC1. The number of anilines is 1. The topological polar surface area (TPSA) is 97.2 Å². The third kappa shape index (κ3) is 4.94. The van der Waals surface area contributed by atoms with E-state index in [9.17, 15) is 30.8 Å². The van der Waals surface area contributed by atoms with Gasteiger partial charge in [0.2, 0.25) is 15.9 Å². The van der Waals surface area contributed by atoms with E-state index in [2.05, 4.69) is 15.4 Å². The molecule has 2 aromatic carbocycles. The normalized spacial score (nSPS) is 15.9. The number of amides is 1. The van der Waals surface area contributed by atoms with Crippen molar-refractivity contribution < 1.29 is 30.8 Å². The highest BCUT2D eigenvalue weighted by molar-refractivity contribution is 7.89. The molecule has 8 nitrogen and oxygen atoms in total. The standard InChI is InChI=1S/C21H19F4N5O3S/c22-18-11-16(4-5-19(18)30-13-26-12-27-30)28-20(31)14-6-8-29(9-7-14)34(32,33)17-3-1-2-15(10-17)21(23,24)25/h1-5,10-14H,6-9H2,(H,28,31). The van der Waals surface area contributed by atoms with Crippen LogP contribution in [0.4, 0.5) is 23.2 Å². The minimum Gasteiger partial charge on any atom is -0.326 e. The van der Waals surface area contributed by atoms with Gasteiger partial charge in [-0.3, -0.25) is 4.79 Å². The van der Waals surface area contributed by atoms with Crippen molar-refractivity contribution in [2.45, 2.75) is 23.9 Å². The maximum Gasteiger partial charge on any atom is 0.416 e. The Kier molecular flexibility index (Phi) is 6.41. The molecular formula is C21H19F4N5O3S. The minimum atomic E-state index is -4.66. The second-order valence-electron chi connectivity index (χ2n) is 7.70. The van der Waals surface area contributed by atoms with Gasteiger partial charge in [-0.05, 0) is 49.2 Å². The van der Waals surface area contributed by atoms with Gasteiger partial charge in [-0.1, -0.05) is 6.07 Å². The second-order valence-corrected chi connectivity index (χ2v) is 9.64. The van der Waals surface area contributed by atoms with E-state index >= 15 is 0 Å². The molecule has 34 heavy (non-hydrogen) atoms. The first-order valence-electron chi connectivity index (χ1n) is 10.2. The first kappa shape index (κ1) is 23.8. The lowest BCUT2D eigenvalue weighted by molar-refractivity contribution is -0.137. The van der Waals surface area contributed by atoms with Gasteiger partial charge in [-0.25, -0.2) is 22.5 Å². The quantitative estimate of drug-likeness (QED) is 0.545. The number of nitrogens with one attached hydrogen (secondary N) is 1. The lowest BCUT2D eigenvalue weighted by Gasteiger charge is -2.30. The second kappa shape index (κ2) is 9.14. The predicted octanol–water partition coefficient (Wildman–Crippen LogP) is 3.46. The first-order chi connectivity index (χ1) is 16.1. The van der Waals surface area contributed by atoms with Crippen molar-refractivity contribution in [3.63, 3.8) is 0 Å². The Bertz CT molecular complexity index is 1290. The van der Waals surface area contributed by atoms with Gasteiger partial charge in [0.25, 0.3) is 0 Å². The monoisotopic (exact) mass is 497 g/mol. The number of benzene rings is 2. The van der Waals surface area contributed by atoms with E-state index in [1.54, 1.807) is 0 Å². The average molecular weight is 497 g/mol. The lowest BCUT2D eigenvalue weighted by Crippen LogP contribution is -2.41. The highest BCUT2D eigenvalue weighted by atomic mass is 32.2. The summed E-state index contributed by atoms with van der Waals surface area (Å²) in [5, 5.41) is 6.46. The summed E-state index contributed by atoms with van der Waals surface area (Å²) in [6.45, 7) is -0.0630. The first-order valence-corrected chi connectivity index (χ1v) is 11.6. The molecule has 4 rings (SSSR count). The van der Waals surface area contributed by atoms with Crippen LogP contribution in [-0.4, -0.2) is 46.5 Å². The molecule has 0 radical (unpaired) electrons. The van der Waals surface area contributed by atoms with E-state index in [4.69, 9.17) is 0 Å². The third-order valence-electron chi connectivity index (χ3n) is 5.50. The average Bonchev–Trinajstić information content (AvgIpc) is 3.33. The van der Waals surface area contributed by atoms with Crippen LogP contribution in [0, 0.1) is 11.7 Å². The predicted molar refractivity (Wildman–Crippen MR) is 113 cm³/mol. The number of carbonyl (C=O) groups is 1. The highest BCUT2D eigenvalue weighted by Gasteiger charge is 2.35. The summed E-state index contributed by atoms with van der Waals surface area (Å²) in [4.78, 5) is 15.9. The Hall–Kier alpha value is -3.32. The van der Waals surface area contributed by atoms with Crippen molar-refractivity contribution in [1.82, 2.24) is 19.1 Å². The number of nitrogens with zero attached hydrogens (tertiary/aromatic N) is 4. The molecule has 1 aliphatic heterocycles. The van der Waals surface area contributed by atoms with E-state index in [1.165, 1.54) is 29.5 Å². The van der Waals surface area contributed by atoms with E-state index < -0.39 is 44.3 Å². The summed E-state index contributed by atoms with van der Waals surface area (Å²) >= 11 is 0. The van der Waals surface area contributed by atoms with Gasteiger partial charge in [0.15, 0.2) is 5.82 Å². The van der Waals surface area contributed by atoms with Gasteiger partial charge < -0.3 is 5.32 Å². The molecule has 0 unspecified atom stereocenters. The van der Waals surface area contributed by atoms with E-state index in [-0.39, 0.29) is 37.3 Å². The molecule has 1 aromatic heterocycles. The fourth-order valence-corrected chi connectivity index (χ4v) is 5.20. The number of piperidine rings is 1. The number of alkyl halides is 3. The van der Waals surface area contributed by atoms with Crippen LogP contribution in [0.2, 0.25) is 0 Å². The van der Waals surface area contributed by atoms with E-state index in [1.807, 2.05) is 0 Å². The Morgan fingerprint density at radius 3 is 2.44 bits per heavy atom. The molecule has 0 spiro atoms. The van der Waals surface area contributed by atoms with Gasteiger partial charge in [0.1, 0.15) is 18.3 Å². The molecule has 2 heterocycles. The van der Waals surface area contributed by atoms with Crippen LogP contribution in [0.25, 0.3) is 5.69 Å². The summed E-state index contributed by atoms with van der Waals surface area (Å²) in [6.07, 6.45) is -1.73. The Morgan fingerprint density at radius 2 is 1.82 bits per heavy atom. The zero-order valence-electron chi connectivity index (χ0n) is 17.5. The molecule has 3 aromatic rings. The maximum absolute atomic E-state index is 14.4. The summed E-state index contributed by atoms with van der Waals surface area (Å²) in [5.41, 5.74) is -0.668. The number of aromatic nitrogens is 3. The van der Waals surface area contributed by atoms with Crippen LogP contribution in [0.15, 0.2) is 60.0 Å². The number of halogens is 4. The maximum atomic E-state index is 14.4. The van der Waals surface area contributed by atoms with E-state index in [0.29, 0.717) is 6.07 Å². The summed E-state index contributed by atoms with van der Waals surface area (Å²) < 4.78 is 81.1. The van der Waals surface area contributed by atoms with Crippen molar-refractivity contribution in [3.8, 4) is 5.69 Å². The molecule has 180 valence electrons. The third-order valence-corrected chi connectivity index (χ3v) is 7.40. The zero-order valence-corrected chi connectivity index (χ0v) is 18.4. The van der Waals surface area contributed by atoms with Crippen molar-refractivity contribution in [2.24, 2.45) is 5.92 Å². The summed E-state index contributed by atoms with van der Waals surface area (Å²) in [7, 11) is -4.15. The van der Waals surface area contributed by atoms with Crippen molar-refractivity contribution in [1.29, 1.82) is 0 Å². The number of hydrogen-bond acceptors (Lipinski definition) is 5. The Morgan fingerprint density at radius 1 is 1.09 bits per heavy atom. The molecular weight excluding hydrogens is 478 g/mol. The van der Waals surface area contributed by atoms with Gasteiger partial charge in [-0.2, -0.15) is 22.6 Å². The highest BCUT2D eigenvalue weighted by Crippen LogP contribution is 2.32. The van der Waals surface area contributed by atoms with Crippen LogP contribution in [0.1, 0.15) is 18.4 Å².